The van der Waals surface area contributed by atoms with Crippen molar-refractivity contribution < 1.29 is 14.7 Å². The molecule has 40 heavy (non-hydrogen) atoms. The lowest BCUT2D eigenvalue weighted by Crippen LogP contribution is -2.12. The number of rotatable bonds is 13. The van der Waals surface area contributed by atoms with E-state index in [1.807, 2.05) is 23.5 Å². The summed E-state index contributed by atoms with van der Waals surface area (Å²) in [5, 5.41) is 12.8. The van der Waals surface area contributed by atoms with Crippen LogP contribution in [0.15, 0.2) is 84.0 Å². The average molecular weight is 556 g/mol. The quantitative estimate of drug-likeness (QED) is 0.0575. The van der Waals surface area contributed by atoms with Crippen molar-refractivity contribution in [1.29, 1.82) is 0 Å². The molecule has 3 aromatic carbocycles. The van der Waals surface area contributed by atoms with Gasteiger partial charge in [-0.3, -0.25) is 0 Å². The molecule has 1 aliphatic carbocycles. The van der Waals surface area contributed by atoms with Crippen LogP contribution < -0.4 is 15.2 Å². The van der Waals surface area contributed by atoms with E-state index in [2.05, 4.69) is 59.8 Å². The molecule has 1 aliphatic rings. The minimum absolute atomic E-state index is 0.0885. The molecule has 208 valence electrons. The molecule has 0 amide bonds. The van der Waals surface area contributed by atoms with Crippen LogP contribution in [0.25, 0.3) is 21.8 Å². The first-order valence-corrected chi connectivity index (χ1v) is 15.0. The molecular weight excluding hydrogens is 518 g/mol. The molecule has 0 bridgehead atoms. The van der Waals surface area contributed by atoms with Crippen molar-refractivity contribution in [1.82, 2.24) is 4.98 Å². The molecule has 6 nitrogen and oxygen atoms in total. The van der Waals surface area contributed by atoms with Gasteiger partial charge in [-0.2, -0.15) is 0 Å². The maximum Gasteiger partial charge on any atom is 0.170 e. The maximum absolute atomic E-state index is 8.74. The molecule has 4 aromatic rings. The minimum Gasteiger partial charge on any atom is -0.494 e. The molecule has 0 saturated heterocycles. The Morgan fingerprint density at radius 3 is 2.08 bits per heavy atom. The Bertz CT molecular complexity index is 1360. The lowest BCUT2D eigenvalue weighted by Gasteiger charge is -2.10. The van der Waals surface area contributed by atoms with Crippen molar-refractivity contribution in [3.05, 3.63) is 89.3 Å². The minimum atomic E-state index is 0.0885. The van der Waals surface area contributed by atoms with E-state index in [1.165, 1.54) is 36.1 Å². The molecule has 0 aliphatic heterocycles. The van der Waals surface area contributed by atoms with Crippen molar-refractivity contribution in [3.63, 3.8) is 0 Å². The van der Waals surface area contributed by atoms with Crippen molar-refractivity contribution >= 4 is 17.2 Å². The highest BCUT2D eigenvalue weighted by Gasteiger charge is 2.21. The summed E-state index contributed by atoms with van der Waals surface area (Å²) in [6.45, 7) is 1.31. The zero-order valence-corrected chi connectivity index (χ0v) is 23.6. The standard InChI is InChI=1S/C33H37N3O3S/c34-32(36-37)26-15-19-29(20-16-26)39-22-8-2-7-21-38-28-17-13-25(14-18-28)31-30(23-24-9-5-6-10-24)40-33(35-31)27-11-3-1-4-12-27/h1,3-4,11-20,24,37H,2,5-10,21-23H2,(H2,34,36). The van der Waals surface area contributed by atoms with Gasteiger partial charge in [0.15, 0.2) is 5.84 Å². The Morgan fingerprint density at radius 2 is 1.45 bits per heavy atom. The molecule has 5 rings (SSSR count). The molecule has 1 fully saturated rings. The normalized spacial score (nSPS) is 13.9. The number of hydrogen-bond donors (Lipinski definition) is 2. The maximum atomic E-state index is 8.74. The molecule has 0 spiro atoms. The highest BCUT2D eigenvalue weighted by Crippen LogP contribution is 2.38. The Hall–Kier alpha value is -3.84. The summed E-state index contributed by atoms with van der Waals surface area (Å²) < 4.78 is 11.8. The number of nitrogens with two attached hydrogens (primary N) is 1. The highest BCUT2D eigenvalue weighted by molar-refractivity contribution is 7.15. The summed E-state index contributed by atoms with van der Waals surface area (Å²) in [7, 11) is 0. The summed E-state index contributed by atoms with van der Waals surface area (Å²) in [6, 6.07) is 26.1. The summed E-state index contributed by atoms with van der Waals surface area (Å²) in [5.41, 5.74) is 9.72. The molecule has 0 atom stereocenters. The number of ether oxygens (including phenoxy) is 2. The Labute approximate surface area is 240 Å². The topological polar surface area (TPSA) is 90.0 Å². The lowest BCUT2D eigenvalue weighted by molar-refractivity contribution is 0.279. The fourth-order valence-electron chi connectivity index (χ4n) is 5.15. The van der Waals surface area contributed by atoms with Crippen LogP contribution >= 0.6 is 11.3 Å². The van der Waals surface area contributed by atoms with Crippen molar-refractivity contribution in [2.75, 3.05) is 13.2 Å². The zero-order chi connectivity index (χ0) is 27.6. The summed E-state index contributed by atoms with van der Waals surface area (Å²) >= 11 is 1.85. The SMILES string of the molecule is N/C(=N\O)c1ccc(OCCCCCOc2ccc(-c3nc(-c4ccccc4)sc3CC3CCCC3)cc2)cc1. The average Bonchev–Trinajstić information content (AvgIpc) is 3.68. The van der Waals surface area contributed by atoms with E-state index in [9.17, 15) is 0 Å². The first kappa shape index (κ1) is 27.7. The predicted molar refractivity (Wildman–Crippen MR) is 162 cm³/mol. The molecule has 0 radical (unpaired) electrons. The van der Waals surface area contributed by atoms with Gasteiger partial charge in [0.05, 0.1) is 18.9 Å². The number of oxime groups is 1. The van der Waals surface area contributed by atoms with E-state index in [-0.39, 0.29) is 5.84 Å². The molecule has 3 N–H and O–H groups in total. The molecule has 0 unspecified atom stereocenters. The van der Waals surface area contributed by atoms with Crippen molar-refractivity contribution in [2.24, 2.45) is 16.8 Å². The largest absolute Gasteiger partial charge is 0.494 e. The number of amidine groups is 1. The molecule has 7 heteroatoms. The third-order valence-corrected chi connectivity index (χ3v) is 8.51. The number of nitrogens with zero attached hydrogens (tertiary/aromatic N) is 2. The zero-order valence-electron chi connectivity index (χ0n) is 22.8. The van der Waals surface area contributed by atoms with Crippen molar-refractivity contribution in [2.45, 2.75) is 51.4 Å². The van der Waals surface area contributed by atoms with Crippen LogP contribution in [0.3, 0.4) is 0 Å². The van der Waals surface area contributed by atoms with Crippen LogP contribution in [-0.4, -0.2) is 29.2 Å². The van der Waals surface area contributed by atoms with E-state index < -0.39 is 0 Å². The van der Waals surface area contributed by atoms with E-state index in [4.69, 9.17) is 25.4 Å². The van der Waals surface area contributed by atoms with Gasteiger partial charge in [0.25, 0.3) is 0 Å². The summed E-state index contributed by atoms with van der Waals surface area (Å²) in [5.74, 6) is 2.53. The molecule has 1 saturated carbocycles. The van der Waals surface area contributed by atoms with E-state index in [1.54, 1.807) is 12.1 Å². The second-order valence-corrected chi connectivity index (χ2v) is 11.4. The molecule has 1 heterocycles. The van der Waals surface area contributed by atoms with Gasteiger partial charge in [0, 0.05) is 21.6 Å². The fourth-order valence-corrected chi connectivity index (χ4v) is 6.35. The van der Waals surface area contributed by atoms with Gasteiger partial charge in [0.2, 0.25) is 0 Å². The van der Waals surface area contributed by atoms with Gasteiger partial charge in [-0.15, -0.1) is 11.3 Å². The Balaban J connectivity index is 1.10. The summed E-state index contributed by atoms with van der Waals surface area (Å²) in [4.78, 5) is 6.51. The van der Waals surface area contributed by atoms with Gasteiger partial charge < -0.3 is 20.4 Å². The van der Waals surface area contributed by atoms with E-state index in [0.29, 0.717) is 18.8 Å². The van der Waals surface area contributed by atoms with Crippen LogP contribution in [-0.2, 0) is 6.42 Å². The number of hydrogen-bond acceptors (Lipinski definition) is 6. The van der Waals surface area contributed by atoms with Gasteiger partial charge in [-0.25, -0.2) is 4.98 Å². The van der Waals surface area contributed by atoms with Crippen LogP contribution in [0.1, 0.15) is 55.4 Å². The van der Waals surface area contributed by atoms with Gasteiger partial charge in [0.1, 0.15) is 16.5 Å². The fraction of sp³-hybridized carbons (Fsp3) is 0.333. The highest BCUT2D eigenvalue weighted by atomic mass is 32.1. The summed E-state index contributed by atoms with van der Waals surface area (Å²) in [6.07, 6.45) is 9.44. The number of benzene rings is 3. The van der Waals surface area contributed by atoms with E-state index in [0.717, 1.165) is 59.4 Å². The smallest absolute Gasteiger partial charge is 0.170 e. The monoisotopic (exact) mass is 555 g/mol. The van der Waals surface area contributed by atoms with Crippen molar-refractivity contribution in [3.8, 4) is 33.3 Å². The Morgan fingerprint density at radius 1 is 0.825 bits per heavy atom. The van der Waals surface area contributed by atoms with Gasteiger partial charge in [-0.05, 0) is 80.1 Å². The number of thiazole rings is 1. The Kier molecular flexibility index (Phi) is 9.69. The first-order chi connectivity index (χ1) is 19.7. The number of aromatic nitrogens is 1. The lowest BCUT2D eigenvalue weighted by atomic mass is 10.0. The van der Waals surface area contributed by atoms with Gasteiger partial charge in [-0.1, -0.05) is 61.2 Å². The number of unbranched alkanes of at least 4 members (excludes halogenated alkanes) is 2. The van der Waals surface area contributed by atoms with Crippen LogP contribution in [0.5, 0.6) is 11.5 Å². The third kappa shape index (κ3) is 7.42. The predicted octanol–water partition coefficient (Wildman–Crippen LogP) is 7.93. The first-order valence-electron chi connectivity index (χ1n) is 14.2. The second kappa shape index (κ2) is 14.0. The van der Waals surface area contributed by atoms with Crippen LogP contribution in [0.2, 0.25) is 0 Å². The molecular formula is C33H37N3O3S. The molecule has 1 aromatic heterocycles. The van der Waals surface area contributed by atoms with Crippen LogP contribution in [0.4, 0.5) is 0 Å². The van der Waals surface area contributed by atoms with Crippen LogP contribution in [0, 0.1) is 5.92 Å². The van der Waals surface area contributed by atoms with Gasteiger partial charge >= 0.3 is 0 Å². The second-order valence-electron chi connectivity index (χ2n) is 10.3. The van der Waals surface area contributed by atoms with E-state index >= 15 is 0 Å². The third-order valence-electron chi connectivity index (χ3n) is 7.38.